The Kier molecular flexibility index (Phi) is 7.79. The molecule has 0 amide bonds. The second-order valence-electron chi connectivity index (χ2n) is 2.56. The third kappa shape index (κ3) is 7.84. The first kappa shape index (κ1) is 12.5. The molecule has 0 spiro atoms. The number of rotatable bonds is 7. The smallest absolute Gasteiger partial charge is 0.305 e. The predicted molar refractivity (Wildman–Crippen MR) is 53.9 cm³/mol. The van der Waals surface area contributed by atoms with Crippen molar-refractivity contribution in [2.75, 3.05) is 18.6 Å². The molecule has 76 valence electrons. The number of hydrogen-bond acceptors (Lipinski definition) is 4. The zero-order valence-electron chi connectivity index (χ0n) is 8.17. The Bertz CT molecular complexity index is 168. The molecule has 3 nitrogen and oxygen atoms in total. The highest BCUT2D eigenvalue weighted by molar-refractivity contribution is 7.99. The van der Waals surface area contributed by atoms with Crippen molar-refractivity contribution in [3.63, 3.8) is 0 Å². The molecule has 0 bridgehead atoms. The van der Waals surface area contributed by atoms with Gasteiger partial charge in [0.05, 0.1) is 13.5 Å². The van der Waals surface area contributed by atoms with Gasteiger partial charge in [-0.15, -0.1) is 0 Å². The summed E-state index contributed by atoms with van der Waals surface area (Å²) >= 11 is 1.74. The minimum atomic E-state index is -0.309. The molecule has 0 fully saturated rings. The maximum absolute atomic E-state index is 11.1. The van der Waals surface area contributed by atoms with Gasteiger partial charge in [0.1, 0.15) is 5.78 Å². The molecule has 4 heteroatoms. The third-order valence-corrected chi connectivity index (χ3v) is 2.47. The number of hydrogen-bond donors (Lipinski definition) is 0. The van der Waals surface area contributed by atoms with Gasteiger partial charge in [0.2, 0.25) is 0 Å². The molecule has 0 aromatic rings. The van der Waals surface area contributed by atoms with Crippen molar-refractivity contribution in [3.05, 3.63) is 0 Å². The molecule has 0 saturated heterocycles. The first-order valence-corrected chi connectivity index (χ1v) is 5.52. The van der Waals surface area contributed by atoms with E-state index in [1.54, 1.807) is 11.8 Å². The monoisotopic (exact) mass is 204 g/mol. The van der Waals surface area contributed by atoms with Crippen LogP contribution in [0.1, 0.15) is 26.2 Å². The van der Waals surface area contributed by atoms with Crippen molar-refractivity contribution in [2.45, 2.75) is 26.2 Å². The van der Waals surface area contributed by atoms with E-state index in [1.807, 2.05) is 0 Å². The van der Waals surface area contributed by atoms with Gasteiger partial charge in [-0.05, 0) is 5.75 Å². The summed E-state index contributed by atoms with van der Waals surface area (Å²) in [5.41, 5.74) is 0. The Hall–Kier alpha value is -0.510. The normalized spacial score (nSPS) is 9.69. The van der Waals surface area contributed by atoms with Crippen LogP contribution in [0.4, 0.5) is 0 Å². The molecule has 0 radical (unpaired) electrons. The van der Waals surface area contributed by atoms with E-state index in [1.165, 1.54) is 7.11 Å². The topological polar surface area (TPSA) is 43.4 Å². The van der Waals surface area contributed by atoms with Crippen molar-refractivity contribution < 1.29 is 14.3 Å². The van der Waals surface area contributed by atoms with Crippen molar-refractivity contribution in [2.24, 2.45) is 0 Å². The van der Waals surface area contributed by atoms with Gasteiger partial charge >= 0.3 is 5.97 Å². The maximum atomic E-state index is 11.1. The zero-order valence-corrected chi connectivity index (χ0v) is 8.99. The quantitative estimate of drug-likeness (QED) is 0.467. The van der Waals surface area contributed by atoms with Crippen molar-refractivity contribution in [1.82, 2.24) is 0 Å². The molecule has 0 aromatic heterocycles. The Morgan fingerprint density at radius 1 is 1.23 bits per heavy atom. The number of esters is 1. The average molecular weight is 204 g/mol. The lowest BCUT2D eigenvalue weighted by molar-refractivity contribution is -0.141. The Balaban J connectivity index is 3.35. The highest BCUT2D eigenvalue weighted by atomic mass is 32.2. The third-order valence-electron chi connectivity index (χ3n) is 1.56. The van der Waals surface area contributed by atoms with Crippen LogP contribution in [0.15, 0.2) is 0 Å². The molecule has 13 heavy (non-hydrogen) atoms. The SMILES string of the molecule is CCSCCC(=O)CCC(=O)OC. The summed E-state index contributed by atoms with van der Waals surface area (Å²) in [6.45, 7) is 2.06. The number of ketones is 1. The number of ether oxygens (including phenoxy) is 1. The van der Waals surface area contributed by atoms with E-state index in [4.69, 9.17) is 0 Å². The van der Waals surface area contributed by atoms with E-state index in [0.29, 0.717) is 12.8 Å². The first-order chi connectivity index (χ1) is 6.20. The van der Waals surface area contributed by atoms with E-state index in [0.717, 1.165) is 11.5 Å². The maximum Gasteiger partial charge on any atom is 0.305 e. The van der Waals surface area contributed by atoms with Crippen molar-refractivity contribution >= 4 is 23.5 Å². The fourth-order valence-electron chi connectivity index (χ4n) is 0.799. The molecule has 0 heterocycles. The van der Waals surface area contributed by atoms with Crippen LogP contribution in [0.2, 0.25) is 0 Å². The van der Waals surface area contributed by atoms with Gasteiger partial charge in [-0.25, -0.2) is 0 Å². The number of Topliss-reactive ketones (excluding diaryl/α,β-unsaturated/α-hetero) is 1. The van der Waals surface area contributed by atoms with Gasteiger partial charge in [0, 0.05) is 18.6 Å². The van der Waals surface area contributed by atoms with Crippen molar-refractivity contribution in [3.8, 4) is 0 Å². The van der Waals surface area contributed by atoms with Crippen molar-refractivity contribution in [1.29, 1.82) is 0 Å². The molecular formula is C9H16O3S. The first-order valence-electron chi connectivity index (χ1n) is 4.37. The van der Waals surface area contributed by atoms with Crippen LogP contribution in [0, 0.1) is 0 Å². The van der Waals surface area contributed by atoms with Gasteiger partial charge in [-0.2, -0.15) is 11.8 Å². The summed E-state index contributed by atoms with van der Waals surface area (Å²) in [5.74, 6) is 1.73. The molecule has 0 N–H and O–H groups in total. The summed E-state index contributed by atoms with van der Waals surface area (Å²) in [6, 6.07) is 0. The lowest BCUT2D eigenvalue weighted by Gasteiger charge is -1.99. The molecule has 0 aromatic carbocycles. The zero-order chi connectivity index (χ0) is 10.1. The lowest BCUT2D eigenvalue weighted by atomic mass is 10.2. The van der Waals surface area contributed by atoms with Gasteiger partial charge in [-0.3, -0.25) is 9.59 Å². The minimum Gasteiger partial charge on any atom is -0.469 e. The molecule has 0 atom stereocenters. The van der Waals surface area contributed by atoms with Crippen LogP contribution in [-0.4, -0.2) is 30.4 Å². The molecule has 0 unspecified atom stereocenters. The van der Waals surface area contributed by atoms with Gasteiger partial charge in [0.25, 0.3) is 0 Å². The molecule has 0 aliphatic heterocycles. The Morgan fingerprint density at radius 3 is 2.46 bits per heavy atom. The van der Waals surface area contributed by atoms with Crippen LogP contribution in [0.3, 0.4) is 0 Å². The lowest BCUT2D eigenvalue weighted by Crippen LogP contribution is -2.06. The summed E-state index contributed by atoms with van der Waals surface area (Å²) in [5, 5.41) is 0. The van der Waals surface area contributed by atoms with Crippen LogP contribution >= 0.6 is 11.8 Å². The van der Waals surface area contributed by atoms with E-state index < -0.39 is 0 Å². The highest BCUT2D eigenvalue weighted by Crippen LogP contribution is 2.04. The highest BCUT2D eigenvalue weighted by Gasteiger charge is 2.06. The number of methoxy groups -OCH3 is 1. The number of carbonyl (C=O) groups is 2. The molecule has 0 rings (SSSR count). The predicted octanol–water partition coefficient (Wildman–Crippen LogP) is 1.65. The van der Waals surface area contributed by atoms with E-state index in [2.05, 4.69) is 11.7 Å². The van der Waals surface area contributed by atoms with Crippen LogP contribution in [0.5, 0.6) is 0 Å². The summed E-state index contributed by atoms with van der Waals surface area (Å²) in [6.07, 6.45) is 1.10. The standard InChI is InChI=1S/C9H16O3S/c1-3-13-7-6-8(10)4-5-9(11)12-2/h3-7H2,1-2H3. The second-order valence-corrected chi connectivity index (χ2v) is 3.96. The minimum absolute atomic E-state index is 0.145. The fraction of sp³-hybridized carbons (Fsp3) is 0.778. The van der Waals surface area contributed by atoms with Gasteiger partial charge in [-0.1, -0.05) is 6.92 Å². The summed E-state index contributed by atoms with van der Waals surface area (Å²) < 4.78 is 4.43. The summed E-state index contributed by atoms with van der Waals surface area (Å²) in [4.78, 5) is 21.8. The molecular weight excluding hydrogens is 188 g/mol. The Morgan fingerprint density at radius 2 is 1.92 bits per heavy atom. The number of thioether (sulfide) groups is 1. The Labute approximate surface area is 83.2 Å². The van der Waals surface area contributed by atoms with Gasteiger partial charge in [0.15, 0.2) is 0 Å². The molecule has 0 aliphatic rings. The van der Waals surface area contributed by atoms with E-state index in [-0.39, 0.29) is 18.2 Å². The fourth-order valence-corrected chi connectivity index (χ4v) is 1.46. The average Bonchev–Trinajstić information content (AvgIpc) is 2.14. The second kappa shape index (κ2) is 8.10. The molecule has 0 aliphatic carbocycles. The summed E-state index contributed by atoms with van der Waals surface area (Å²) in [7, 11) is 1.33. The van der Waals surface area contributed by atoms with Gasteiger partial charge < -0.3 is 4.74 Å². The van der Waals surface area contributed by atoms with Crippen LogP contribution in [-0.2, 0) is 14.3 Å². The molecule has 0 saturated carbocycles. The van der Waals surface area contributed by atoms with E-state index >= 15 is 0 Å². The largest absolute Gasteiger partial charge is 0.469 e. The van der Waals surface area contributed by atoms with Crippen LogP contribution in [0.25, 0.3) is 0 Å². The number of carbonyl (C=O) groups excluding carboxylic acids is 2. The van der Waals surface area contributed by atoms with Crippen LogP contribution < -0.4 is 0 Å². The van der Waals surface area contributed by atoms with E-state index in [9.17, 15) is 9.59 Å².